The van der Waals surface area contributed by atoms with E-state index < -0.39 is 0 Å². The Labute approximate surface area is 286 Å². The Morgan fingerprint density at radius 1 is 0.449 bits per heavy atom. The van der Waals surface area contributed by atoms with Crippen molar-refractivity contribution < 1.29 is 0 Å². The van der Waals surface area contributed by atoms with Crippen LogP contribution in [0.4, 0.5) is 0 Å². The molecule has 49 heavy (non-hydrogen) atoms. The van der Waals surface area contributed by atoms with E-state index in [4.69, 9.17) is 9.97 Å². The van der Waals surface area contributed by atoms with Crippen molar-refractivity contribution >= 4 is 10.8 Å². The summed E-state index contributed by atoms with van der Waals surface area (Å²) < 4.78 is 0. The quantitative estimate of drug-likeness (QED) is 0.191. The monoisotopic (exact) mass is 627 g/mol. The summed E-state index contributed by atoms with van der Waals surface area (Å²) in [6.45, 7) is 4.70. The number of aromatic nitrogens is 3. The van der Waals surface area contributed by atoms with E-state index in [1.165, 1.54) is 38.6 Å². The Balaban J connectivity index is 1.19. The van der Waals surface area contributed by atoms with E-state index in [0.29, 0.717) is 5.82 Å². The van der Waals surface area contributed by atoms with Crippen LogP contribution < -0.4 is 0 Å². The lowest BCUT2D eigenvalue weighted by Gasteiger charge is -2.23. The molecule has 2 heterocycles. The molecule has 9 rings (SSSR count). The lowest BCUT2D eigenvalue weighted by atomic mass is 9.80. The van der Waals surface area contributed by atoms with Crippen LogP contribution in [0.25, 0.3) is 78.1 Å². The van der Waals surface area contributed by atoms with Crippen LogP contribution in [0, 0.1) is 0 Å². The predicted molar refractivity (Wildman–Crippen MR) is 202 cm³/mol. The lowest BCUT2D eigenvalue weighted by molar-refractivity contribution is 0.666. The van der Waals surface area contributed by atoms with Gasteiger partial charge in [-0.05, 0) is 79.5 Å². The van der Waals surface area contributed by atoms with Gasteiger partial charge in [-0.3, -0.25) is 4.98 Å². The van der Waals surface area contributed by atoms with Crippen LogP contribution in [0.15, 0.2) is 164 Å². The first kappa shape index (κ1) is 29.0. The first-order valence-electron chi connectivity index (χ1n) is 16.8. The average molecular weight is 628 g/mol. The van der Waals surface area contributed by atoms with Gasteiger partial charge >= 0.3 is 0 Å². The maximum Gasteiger partial charge on any atom is 0.160 e. The highest BCUT2D eigenvalue weighted by atomic mass is 14.9. The van der Waals surface area contributed by atoms with Gasteiger partial charge in [0.2, 0.25) is 0 Å². The number of pyridine rings is 1. The molecule has 3 heteroatoms. The van der Waals surface area contributed by atoms with Crippen LogP contribution in [0.1, 0.15) is 25.0 Å². The van der Waals surface area contributed by atoms with E-state index in [-0.39, 0.29) is 5.41 Å². The van der Waals surface area contributed by atoms with Crippen LogP contribution in [0.5, 0.6) is 0 Å². The van der Waals surface area contributed by atoms with Gasteiger partial charge in [0.05, 0.1) is 11.4 Å². The fourth-order valence-corrected chi connectivity index (χ4v) is 7.47. The summed E-state index contributed by atoms with van der Waals surface area (Å²) in [5.74, 6) is 0.704. The van der Waals surface area contributed by atoms with Crippen molar-refractivity contribution in [1.82, 2.24) is 15.0 Å². The Bertz CT molecular complexity index is 2500. The van der Waals surface area contributed by atoms with Crippen LogP contribution in [-0.2, 0) is 5.41 Å². The molecule has 0 spiro atoms. The van der Waals surface area contributed by atoms with Crippen molar-refractivity contribution in [2.75, 3.05) is 0 Å². The van der Waals surface area contributed by atoms with Gasteiger partial charge in [-0.2, -0.15) is 0 Å². The number of benzene rings is 6. The molecule has 0 fully saturated rings. The molecule has 0 radical (unpaired) electrons. The first-order valence-corrected chi connectivity index (χ1v) is 16.8. The molecule has 3 nitrogen and oxygen atoms in total. The molecule has 0 unspecified atom stereocenters. The summed E-state index contributed by atoms with van der Waals surface area (Å²) in [6, 6.07) is 53.9. The Hall–Kier alpha value is -6.19. The van der Waals surface area contributed by atoms with E-state index in [0.717, 1.165) is 44.8 Å². The van der Waals surface area contributed by atoms with Gasteiger partial charge in [0.1, 0.15) is 0 Å². The van der Waals surface area contributed by atoms with Crippen molar-refractivity contribution in [3.05, 3.63) is 175 Å². The molecule has 0 bridgehead atoms. The number of rotatable bonds is 5. The van der Waals surface area contributed by atoms with Crippen LogP contribution in [-0.4, -0.2) is 15.0 Å². The summed E-state index contributed by atoms with van der Waals surface area (Å²) in [6.07, 6.45) is 3.70. The minimum atomic E-state index is -0.160. The van der Waals surface area contributed by atoms with Gasteiger partial charge in [0.25, 0.3) is 0 Å². The predicted octanol–water partition coefficient (Wildman–Crippen LogP) is 11.7. The number of hydrogen-bond acceptors (Lipinski definition) is 3. The molecule has 1 aliphatic carbocycles. The molecule has 0 N–H and O–H groups in total. The molecule has 0 saturated carbocycles. The SMILES string of the molecule is CC1(C)c2cc(-c3cc(-c4ccc(-c5cccnc5)cc4)nc(-c4cccc(-c5ccccc5)c4)n3)ccc2-c2ccc3ccccc3c21. The van der Waals surface area contributed by atoms with Gasteiger partial charge in [0, 0.05) is 34.5 Å². The highest BCUT2D eigenvalue weighted by Gasteiger charge is 2.37. The highest BCUT2D eigenvalue weighted by molar-refractivity contribution is 5.98. The lowest BCUT2D eigenvalue weighted by Crippen LogP contribution is -2.15. The number of fused-ring (bicyclic) bond motifs is 5. The molecule has 0 atom stereocenters. The van der Waals surface area contributed by atoms with E-state index in [9.17, 15) is 0 Å². The second-order valence-corrected chi connectivity index (χ2v) is 13.3. The summed E-state index contributed by atoms with van der Waals surface area (Å²) in [4.78, 5) is 14.7. The van der Waals surface area contributed by atoms with Crippen molar-refractivity contribution in [2.45, 2.75) is 19.3 Å². The molecule has 232 valence electrons. The highest BCUT2D eigenvalue weighted by Crippen LogP contribution is 2.52. The van der Waals surface area contributed by atoms with Crippen LogP contribution >= 0.6 is 0 Å². The standard InChI is InChI=1S/C46H33N3/c1-46(2)41-27-35(22-23-39(41)40-24-21-32-12-6-7-16-38(32)44(40)46)43-28-42(33-19-17-31(18-20-33)37-15-9-25-47-29-37)48-45(49-43)36-14-8-13-34(26-36)30-10-4-3-5-11-30/h3-29H,1-2H3. The third-order valence-electron chi connectivity index (χ3n) is 9.96. The molecule has 6 aromatic carbocycles. The van der Waals surface area contributed by atoms with Crippen LogP contribution in [0.3, 0.4) is 0 Å². The molecule has 8 aromatic rings. The van der Waals surface area contributed by atoms with Crippen LogP contribution in [0.2, 0.25) is 0 Å². The fourth-order valence-electron chi connectivity index (χ4n) is 7.47. The minimum Gasteiger partial charge on any atom is -0.264 e. The fraction of sp³-hybridized carbons (Fsp3) is 0.0652. The second-order valence-electron chi connectivity index (χ2n) is 13.3. The zero-order valence-electron chi connectivity index (χ0n) is 27.4. The van der Waals surface area contributed by atoms with Gasteiger partial charge in [-0.25, -0.2) is 9.97 Å². The van der Waals surface area contributed by atoms with Gasteiger partial charge in [0.15, 0.2) is 5.82 Å². The zero-order valence-corrected chi connectivity index (χ0v) is 27.4. The third kappa shape index (κ3) is 5.03. The minimum absolute atomic E-state index is 0.160. The maximum absolute atomic E-state index is 5.25. The van der Waals surface area contributed by atoms with Crippen molar-refractivity contribution in [2.24, 2.45) is 0 Å². The second kappa shape index (κ2) is 11.5. The molecular weight excluding hydrogens is 595 g/mol. The van der Waals surface area contributed by atoms with Crippen molar-refractivity contribution in [3.8, 4) is 67.3 Å². The number of nitrogens with zero attached hydrogens (tertiary/aromatic N) is 3. The van der Waals surface area contributed by atoms with E-state index in [1.807, 2.05) is 18.3 Å². The van der Waals surface area contributed by atoms with Crippen molar-refractivity contribution in [1.29, 1.82) is 0 Å². The smallest absolute Gasteiger partial charge is 0.160 e. The molecular formula is C46H33N3. The topological polar surface area (TPSA) is 38.7 Å². The summed E-state index contributed by atoms with van der Waals surface area (Å²) in [5, 5.41) is 2.60. The maximum atomic E-state index is 5.25. The van der Waals surface area contributed by atoms with E-state index in [1.54, 1.807) is 6.20 Å². The Morgan fingerprint density at radius 3 is 1.92 bits per heavy atom. The molecule has 0 aliphatic heterocycles. The summed E-state index contributed by atoms with van der Waals surface area (Å²) >= 11 is 0. The molecule has 2 aromatic heterocycles. The number of hydrogen-bond donors (Lipinski definition) is 0. The summed E-state index contributed by atoms with van der Waals surface area (Å²) in [5.41, 5.74) is 14.6. The Morgan fingerprint density at radius 2 is 1.10 bits per heavy atom. The van der Waals surface area contributed by atoms with E-state index in [2.05, 4.69) is 158 Å². The third-order valence-corrected chi connectivity index (χ3v) is 9.96. The average Bonchev–Trinajstić information content (AvgIpc) is 3.41. The molecule has 1 aliphatic rings. The zero-order chi connectivity index (χ0) is 33.0. The van der Waals surface area contributed by atoms with Gasteiger partial charge in [-0.15, -0.1) is 0 Å². The first-order chi connectivity index (χ1) is 24.0. The molecule has 0 saturated heterocycles. The van der Waals surface area contributed by atoms with Gasteiger partial charge < -0.3 is 0 Å². The molecule has 0 amide bonds. The van der Waals surface area contributed by atoms with Gasteiger partial charge in [-0.1, -0.05) is 141 Å². The van der Waals surface area contributed by atoms with Crippen molar-refractivity contribution in [3.63, 3.8) is 0 Å². The largest absolute Gasteiger partial charge is 0.264 e. The normalized spacial score (nSPS) is 12.9. The summed E-state index contributed by atoms with van der Waals surface area (Å²) in [7, 11) is 0. The Kier molecular flexibility index (Phi) is 6.80. The van der Waals surface area contributed by atoms with E-state index >= 15 is 0 Å².